The zero-order chi connectivity index (χ0) is 17.5. The van der Waals surface area contributed by atoms with E-state index in [9.17, 15) is 4.79 Å². The van der Waals surface area contributed by atoms with Gasteiger partial charge in [0.1, 0.15) is 0 Å². The third-order valence-corrected chi connectivity index (χ3v) is 4.69. The Morgan fingerprint density at radius 1 is 0.920 bits per heavy atom. The van der Waals surface area contributed by atoms with Crippen molar-refractivity contribution < 1.29 is 4.79 Å². The number of nitrogens with zero attached hydrogens (tertiary/aromatic N) is 2. The predicted octanol–water partition coefficient (Wildman–Crippen LogP) is 2.75. The molecule has 1 amide bonds. The maximum atomic E-state index is 12.7. The molecule has 0 aliphatic carbocycles. The number of carbonyl (C=O) groups excluding carboxylic acids is 1. The van der Waals surface area contributed by atoms with Crippen molar-refractivity contribution in [3.05, 3.63) is 71.3 Å². The molecule has 4 nitrogen and oxygen atoms in total. The Morgan fingerprint density at radius 3 is 2.24 bits per heavy atom. The first-order chi connectivity index (χ1) is 12.3. The minimum absolute atomic E-state index is 0.148. The van der Waals surface area contributed by atoms with E-state index in [0.717, 1.165) is 51.4 Å². The van der Waals surface area contributed by atoms with Crippen LogP contribution in [0.2, 0.25) is 0 Å². The summed E-state index contributed by atoms with van der Waals surface area (Å²) in [5, 5.41) is 3.30. The number of nitrogens with one attached hydrogen (secondary N) is 1. The third-order valence-electron chi connectivity index (χ3n) is 4.69. The van der Waals surface area contributed by atoms with Crippen LogP contribution in [-0.4, -0.2) is 48.4 Å². The van der Waals surface area contributed by atoms with E-state index in [1.54, 1.807) is 0 Å². The van der Waals surface area contributed by atoms with Crippen molar-refractivity contribution >= 4 is 5.91 Å². The van der Waals surface area contributed by atoms with E-state index in [4.69, 9.17) is 0 Å². The molecule has 2 aromatic rings. The van der Waals surface area contributed by atoms with Crippen molar-refractivity contribution in [2.45, 2.75) is 20.0 Å². The van der Waals surface area contributed by atoms with Crippen LogP contribution in [0.5, 0.6) is 0 Å². The molecule has 1 heterocycles. The molecule has 1 N–H and O–H groups in total. The summed E-state index contributed by atoms with van der Waals surface area (Å²) in [6, 6.07) is 18.5. The molecule has 0 spiro atoms. The first-order valence-corrected chi connectivity index (χ1v) is 9.11. The smallest absolute Gasteiger partial charge is 0.253 e. The second kappa shape index (κ2) is 8.79. The lowest BCUT2D eigenvalue weighted by molar-refractivity contribution is 0.0628. The Balaban J connectivity index is 1.51. The second-order valence-corrected chi connectivity index (χ2v) is 6.53. The molecule has 2 aromatic carbocycles. The van der Waals surface area contributed by atoms with E-state index in [1.165, 1.54) is 11.1 Å². The van der Waals surface area contributed by atoms with Crippen LogP contribution in [0.1, 0.15) is 28.4 Å². The van der Waals surface area contributed by atoms with Crippen molar-refractivity contribution in [2.24, 2.45) is 0 Å². The lowest BCUT2D eigenvalue weighted by Crippen LogP contribution is -2.48. The van der Waals surface area contributed by atoms with E-state index >= 15 is 0 Å². The van der Waals surface area contributed by atoms with Gasteiger partial charge in [-0.2, -0.15) is 0 Å². The quantitative estimate of drug-likeness (QED) is 0.880. The molecule has 1 aliphatic heterocycles. The molecule has 0 radical (unpaired) electrons. The summed E-state index contributed by atoms with van der Waals surface area (Å²) >= 11 is 0. The van der Waals surface area contributed by atoms with E-state index < -0.39 is 0 Å². The Morgan fingerprint density at radius 2 is 1.60 bits per heavy atom. The number of benzene rings is 2. The van der Waals surface area contributed by atoms with E-state index in [-0.39, 0.29) is 5.91 Å². The molecule has 0 bridgehead atoms. The lowest BCUT2D eigenvalue weighted by Gasteiger charge is -2.34. The zero-order valence-electron chi connectivity index (χ0n) is 14.9. The minimum Gasteiger partial charge on any atom is -0.336 e. The number of hydrogen-bond acceptors (Lipinski definition) is 3. The van der Waals surface area contributed by atoms with Gasteiger partial charge >= 0.3 is 0 Å². The molecule has 0 unspecified atom stereocenters. The molecule has 1 fully saturated rings. The van der Waals surface area contributed by atoms with Gasteiger partial charge in [0.2, 0.25) is 0 Å². The SMILES string of the molecule is CCNCc1ccc(C(=O)N2CCN(Cc3ccccc3)CC2)cc1. The molecular formula is C21H27N3O. The molecule has 0 aromatic heterocycles. The summed E-state index contributed by atoms with van der Waals surface area (Å²) in [5.74, 6) is 0.148. The molecule has 0 saturated carbocycles. The maximum Gasteiger partial charge on any atom is 0.253 e. The average molecular weight is 337 g/mol. The van der Waals surface area contributed by atoms with Gasteiger partial charge in [0, 0.05) is 44.8 Å². The van der Waals surface area contributed by atoms with Crippen LogP contribution in [0, 0.1) is 0 Å². The lowest BCUT2D eigenvalue weighted by atomic mass is 10.1. The van der Waals surface area contributed by atoms with Gasteiger partial charge in [0.25, 0.3) is 5.91 Å². The van der Waals surface area contributed by atoms with Crippen LogP contribution < -0.4 is 5.32 Å². The molecular weight excluding hydrogens is 310 g/mol. The highest BCUT2D eigenvalue weighted by Crippen LogP contribution is 2.12. The van der Waals surface area contributed by atoms with Crippen LogP contribution in [0.4, 0.5) is 0 Å². The van der Waals surface area contributed by atoms with Crippen molar-refractivity contribution in [3.8, 4) is 0 Å². The Hall–Kier alpha value is -2.17. The first-order valence-electron chi connectivity index (χ1n) is 9.11. The molecule has 3 rings (SSSR count). The van der Waals surface area contributed by atoms with E-state index in [2.05, 4.69) is 41.4 Å². The summed E-state index contributed by atoms with van der Waals surface area (Å²) in [6.07, 6.45) is 0. The normalized spacial score (nSPS) is 15.3. The van der Waals surface area contributed by atoms with Gasteiger partial charge in [-0.05, 0) is 29.8 Å². The minimum atomic E-state index is 0.148. The molecule has 1 aliphatic rings. The largest absolute Gasteiger partial charge is 0.336 e. The Kier molecular flexibility index (Phi) is 6.20. The zero-order valence-corrected chi connectivity index (χ0v) is 14.9. The monoisotopic (exact) mass is 337 g/mol. The summed E-state index contributed by atoms with van der Waals surface area (Å²) in [7, 11) is 0. The average Bonchev–Trinajstić information content (AvgIpc) is 2.68. The van der Waals surface area contributed by atoms with Crippen LogP contribution in [0.3, 0.4) is 0 Å². The van der Waals surface area contributed by atoms with Crippen LogP contribution in [0.15, 0.2) is 54.6 Å². The van der Waals surface area contributed by atoms with E-state index in [1.807, 2.05) is 35.2 Å². The molecule has 25 heavy (non-hydrogen) atoms. The highest BCUT2D eigenvalue weighted by atomic mass is 16.2. The first kappa shape index (κ1) is 17.6. The van der Waals surface area contributed by atoms with Crippen molar-refractivity contribution in [2.75, 3.05) is 32.7 Å². The maximum absolute atomic E-state index is 12.7. The predicted molar refractivity (Wildman–Crippen MR) is 101 cm³/mol. The Bertz CT molecular complexity index is 661. The third kappa shape index (κ3) is 4.91. The van der Waals surface area contributed by atoms with Gasteiger partial charge in [-0.25, -0.2) is 0 Å². The molecule has 132 valence electrons. The standard InChI is InChI=1S/C21H27N3O/c1-2-22-16-18-8-10-20(11-9-18)21(25)24-14-12-23(13-15-24)17-19-6-4-3-5-7-19/h3-11,22H,2,12-17H2,1H3. The summed E-state index contributed by atoms with van der Waals surface area (Å²) in [6.45, 7) is 8.31. The van der Waals surface area contributed by atoms with E-state index in [0.29, 0.717) is 0 Å². The number of amides is 1. The van der Waals surface area contributed by atoms with Crippen molar-refractivity contribution in [1.82, 2.24) is 15.1 Å². The number of hydrogen-bond donors (Lipinski definition) is 1. The van der Waals surface area contributed by atoms with Crippen LogP contribution in [-0.2, 0) is 13.1 Å². The summed E-state index contributed by atoms with van der Waals surface area (Å²) < 4.78 is 0. The van der Waals surface area contributed by atoms with Gasteiger partial charge in [0.15, 0.2) is 0 Å². The van der Waals surface area contributed by atoms with Crippen LogP contribution >= 0.6 is 0 Å². The van der Waals surface area contributed by atoms with Crippen molar-refractivity contribution in [3.63, 3.8) is 0 Å². The second-order valence-electron chi connectivity index (χ2n) is 6.53. The van der Waals surface area contributed by atoms with Crippen molar-refractivity contribution in [1.29, 1.82) is 0 Å². The van der Waals surface area contributed by atoms with Gasteiger partial charge in [-0.3, -0.25) is 9.69 Å². The van der Waals surface area contributed by atoms with Gasteiger partial charge in [0.05, 0.1) is 0 Å². The van der Waals surface area contributed by atoms with Gasteiger partial charge in [-0.15, -0.1) is 0 Å². The van der Waals surface area contributed by atoms with Gasteiger partial charge in [-0.1, -0.05) is 49.4 Å². The topological polar surface area (TPSA) is 35.6 Å². The molecule has 4 heteroatoms. The Labute approximate surface area is 150 Å². The highest BCUT2D eigenvalue weighted by Gasteiger charge is 2.22. The number of carbonyl (C=O) groups is 1. The highest BCUT2D eigenvalue weighted by molar-refractivity contribution is 5.94. The number of rotatable bonds is 6. The van der Waals surface area contributed by atoms with Crippen LogP contribution in [0.25, 0.3) is 0 Å². The molecule has 0 atom stereocenters. The summed E-state index contributed by atoms with van der Waals surface area (Å²) in [4.78, 5) is 17.1. The fraction of sp³-hybridized carbons (Fsp3) is 0.381. The molecule has 1 saturated heterocycles. The fourth-order valence-corrected chi connectivity index (χ4v) is 3.17. The van der Waals surface area contributed by atoms with Gasteiger partial charge < -0.3 is 10.2 Å². The fourth-order valence-electron chi connectivity index (χ4n) is 3.17. The summed E-state index contributed by atoms with van der Waals surface area (Å²) in [5.41, 5.74) is 3.33. The number of piperazine rings is 1.